The van der Waals surface area contributed by atoms with Crippen molar-refractivity contribution in [2.24, 2.45) is 5.41 Å². The number of hydrogen-bond donors (Lipinski definition) is 1. The monoisotopic (exact) mass is 298 g/mol. The molecule has 1 aliphatic carbocycles. The van der Waals surface area contributed by atoms with Crippen LogP contribution in [0.1, 0.15) is 53.9 Å². The van der Waals surface area contributed by atoms with Crippen molar-refractivity contribution in [1.82, 2.24) is 0 Å². The maximum Gasteiger partial charge on any atom is 0.108 e. The maximum absolute atomic E-state index is 9.10. The highest BCUT2D eigenvalue weighted by molar-refractivity contribution is 5.37. The van der Waals surface area contributed by atoms with Crippen LogP contribution in [0.2, 0.25) is 0 Å². The van der Waals surface area contributed by atoms with Gasteiger partial charge in [-0.25, -0.2) is 0 Å². The fourth-order valence-corrected chi connectivity index (χ4v) is 2.94. The summed E-state index contributed by atoms with van der Waals surface area (Å²) in [7, 11) is 0. The minimum Gasteiger partial charge on any atom is -0.509 e. The average Bonchev–Trinajstić information content (AvgIpc) is 2.36. The first-order chi connectivity index (χ1) is 10.2. The van der Waals surface area contributed by atoms with Crippen LogP contribution in [0, 0.1) is 5.41 Å². The summed E-state index contributed by atoms with van der Waals surface area (Å²) in [5, 5.41) is 9.10. The molecule has 0 atom stereocenters. The Kier molecular flexibility index (Phi) is 6.67. The highest BCUT2D eigenvalue weighted by Crippen LogP contribution is 2.40. The number of hydrogen-bond acceptors (Lipinski definition) is 1. The van der Waals surface area contributed by atoms with Crippen LogP contribution in [0.4, 0.5) is 0 Å². The quantitative estimate of drug-likeness (QED) is 0.448. The predicted octanol–water partition coefficient (Wildman–Crippen LogP) is 6.59. The van der Waals surface area contributed by atoms with Gasteiger partial charge >= 0.3 is 0 Å². The van der Waals surface area contributed by atoms with Gasteiger partial charge in [-0.05, 0) is 62.7 Å². The maximum atomic E-state index is 9.10. The highest BCUT2D eigenvalue weighted by atomic mass is 16.3. The molecular weight excluding hydrogens is 268 g/mol. The molecule has 0 saturated carbocycles. The second-order valence-electron chi connectivity index (χ2n) is 6.91. The topological polar surface area (TPSA) is 20.2 Å². The lowest BCUT2D eigenvalue weighted by Gasteiger charge is -2.32. The number of aliphatic hydroxyl groups excluding tert-OH is 1. The standard InChI is InChI=1S/C21H30O/c1-16(9-7-10-17(2)15-19(4)22)12-13-20-18(3)11-8-14-21(20,5)6/h7,9-10,12-13,15,22H,4,8,11,14H2,1-3,5-6H3/b10-7+,13-12+,16-9+,17-15-. The van der Waals surface area contributed by atoms with Gasteiger partial charge in [-0.3, -0.25) is 0 Å². The molecule has 0 spiro atoms. The molecule has 0 saturated heterocycles. The summed E-state index contributed by atoms with van der Waals surface area (Å²) in [4.78, 5) is 0. The van der Waals surface area contributed by atoms with Crippen molar-refractivity contribution in [1.29, 1.82) is 0 Å². The Morgan fingerprint density at radius 2 is 1.86 bits per heavy atom. The van der Waals surface area contributed by atoms with Crippen molar-refractivity contribution in [3.8, 4) is 0 Å². The molecule has 0 fully saturated rings. The van der Waals surface area contributed by atoms with Crippen LogP contribution in [-0.2, 0) is 0 Å². The zero-order valence-electron chi connectivity index (χ0n) is 14.7. The lowest BCUT2D eigenvalue weighted by molar-refractivity contribution is 0.377. The van der Waals surface area contributed by atoms with E-state index < -0.39 is 0 Å². The highest BCUT2D eigenvalue weighted by Gasteiger charge is 2.26. The van der Waals surface area contributed by atoms with Crippen molar-refractivity contribution in [2.75, 3.05) is 0 Å². The van der Waals surface area contributed by atoms with E-state index in [9.17, 15) is 0 Å². The molecule has 0 aliphatic heterocycles. The van der Waals surface area contributed by atoms with E-state index in [0.717, 1.165) is 5.57 Å². The largest absolute Gasteiger partial charge is 0.509 e. The zero-order chi connectivity index (χ0) is 16.8. The summed E-state index contributed by atoms with van der Waals surface area (Å²) >= 11 is 0. The van der Waals surface area contributed by atoms with Gasteiger partial charge in [-0.2, -0.15) is 0 Å². The molecular formula is C21H30O. The number of allylic oxidation sites excluding steroid dienone is 10. The molecule has 1 rings (SSSR count). The molecule has 120 valence electrons. The van der Waals surface area contributed by atoms with E-state index in [1.807, 2.05) is 19.1 Å². The van der Waals surface area contributed by atoms with Gasteiger partial charge in [0.2, 0.25) is 0 Å². The van der Waals surface area contributed by atoms with Crippen LogP contribution in [0.5, 0.6) is 0 Å². The minimum absolute atomic E-state index is 0.0877. The first-order valence-corrected chi connectivity index (χ1v) is 8.02. The van der Waals surface area contributed by atoms with E-state index in [-0.39, 0.29) is 11.2 Å². The molecule has 0 radical (unpaired) electrons. The van der Waals surface area contributed by atoms with Gasteiger partial charge in [-0.15, -0.1) is 0 Å². The second-order valence-corrected chi connectivity index (χ2v) is 6.91. The Bertz CT molecular complexity index is 563. The Balaban J connectivity index is 2.79. The fraction of sp³-hybridized carbons (Fsp3) is 0.429. The lowest BCUT2D eigenvalue weighted by Crippen LogP contribution is -2.19. The van der Waals surface area contributed by atoms with Crippen LogP contribution >= 0.6 is 0 Å². The van der Waals surface area contributed by atoms with Crippen molar-refractivity contribution in [2.45, 2.75) is 53.9 Å². The van der Waals surface area contributed by atoms with Gasteiger partial charge in [0.1, 0.15) is 5.76 Å². The van der Waals surface area contributed by atoms with Gasteiger partial charge in [0.15, 0.2) is 0 Å². The van der Waals surface area contributed by atoms with Crippen molar-refractivity contribution in [3.05, 3.63) is 71.1 Å². The Hall–Kier alpha value is -1.76. The average molecular weight is 298 g/mol. The third-order valence-corrected chi connectivity index (χ3v) is 4.17. The van der Waals surface area contributed by atoms with E-state index in [2.05, 4.69) is 52.5 Å². The van der Waals surface area contributed by atoms with E-state index in [1.165, 1.54) is 36.0 Å². The molecule has 1 aliphatic rings. The molecule has 0 amide bonds. The summed E-state index contributed by atoms with van der Waals surface area (Å²) in [5.41, 5.74) is 5.50. The van der Waals surface area contributed by atoms with Crippen LogP contribution in [0.3, 0.4) is 0 Å². The molecule has 1 nitrogen and oxygen atoms in total. The first kappa shape index (κ1) is 18.3. The van der Waals surface area contributed by atoms with Crippen LogP contribution < -0.4 is 0 Å². The number of aliphatic hydroxyl groups is 1. The summed E-state index contributed by atoms with van der Waals surface area (Å²) < 4.78 is 0. The third kappa shape index (κ3) is 5.93. The van der Waals surface area contributed by atoms with E-state index >= 15 is 0 Å². The molecule has 0 bridgehead atoms. The van der Waals surface area contributed by atoms with Crippen LogP contribution in [-0.4, -0.2) is 5.11 Å². The number of rotatable bonds is 5. The summed E-state index contributed by atoms with van der Waals surface area (Å²) in [6.45, 7) is 14.4. The second kappa shape index (κ2) is 8.03. The van der Waals surface area contributed by atoms with Crippen LogP contribution in [0.25, 0.3) is 0 Å². The van der Waals surface area contributed by atoms with E-state index in [1.54, 1.807) is 6.08 Å². The zero-order valence-corrected chi connectivity index (χ0v) is 14.7. The van der Waals surface area contributed by atoms with Gasteiger partial charge < -0.3 is 5.11 Å². The Morgan fingerprint density at radius 1 is 1.18 bits per heavy atom. The van der Waals surface area contributed by atoms with Gasteiger partial charge in [-0.1, -0.05) is 62.0 Å². The Labute approximate surface area is 136 Å². The lowest BCUT2D eigenvalue weighted by atomic mass is 9.72. The normalized spacial score (nSPS) is 20.2. The summed E-state index contributed by atoms with van der Waals surface area (Å²) in [6, 6.07) is 0. The van der Waals surface area contributed by atoms with Gasteiger partial charge in [0.05, 0.1) is 0 Å². The van der Waals surface area contributed by atoms with E-state index in [0.29, 0.717) is 0 Å². The molecule has 0 unspecified atom stereocenters. The van der Waals surface area contributed by atoms with Crippen molar-refractivity contribution >= 4 is 0 Å². The molecule has 0 aromatic carbocycles. The molecule has 0 heterocycles. The van der Waals surface area contributed by atoms with E-state index in [4.69, 9.17) is 5.11 Å². The molecule has 1 N–H and O–H groups in total. The summed E-state index contributed by atoms with van der Waals surface area (Å²) in [6.07, 6.45) is 16.0. The van der Waals surface area contributed by atoms with Crippen LogP contribution in [0.15, 0.2) is 71.1 Å². The molecule has 0 aromatic heterocycles. The first-order valence-electron chi connectivity index (χ1n) is 8.02. The van der Waals surface area contributed by atoms with Gasteiger partial charge in [0, 0.05) is 0 Å². The smallest absolute Gasteiger partial charge is 0.108 e. The predicted molar refractivity (Wildman–Crippen MR) is 97.9 cm³/mol. The third-order valence-electron chi connectivity index (χ3n) is 4.17. The molecule has 0 aromatic rings. The van der Waals surface area contributed by atoms with Gasteiger partial charge in [0.25, 0.3) is 0 Å². The fourth-order valence-electron chi connectivity index (χ4n) is 2.94. The molecule has 1 heteroatoms. The minimum atomic E-state index is 0.0877. The van der Waals surface area contributed by atoms with Crippen molar-refractivity contribution < 1.29 is 5.11 Å². The summed E-state index contributed by atoms with van der Waals surface area (Å²) in [5.74, 6) is 0.0877. The molecule has 22 heavy (non-hydrogen) atoms. The SMILES string of the molecule is C=C(O)\C=C(C)/C=C/C=C(C)/C=C/C1=C(C)CCCC1(C)C. The van der Waals surface area contributed by atoms with Crippen molar-refractivity contribution in [3.63, 3.8) is 0 Å². The Morgan fingerprint density at radius 3 is 2.45 bits per heavy atom.